The van der Waals surface area contributed by atoms with Gasteiger partial charge >= 0.3 is 0 Å². The first-order valence-electron chi connectivity index (χ1n) is 8.48. The number of rotatable bonds is 6. The average molecular weight is 331 g/mol. The van der Waals surface area contributed by atoms with Gasteiger partial charge in [0.25, 0.3) is 0 Å². The van der Waals surface area contributed by atoms with Crippen LogP contribution in [0.3, 0.4) is 0 Å². The lowest BCUT2D eigenvalue weighted by atomic mass is 10.1. The summed E-state index contributed by atoms with van der Waals surface area (Å²) in [5.41, 5.74) is 2.70. The largest absolute Gasteiger partial charge is 0.366 e. The summed E-state index contributed by atoms with van der Waals surface area (Å²) in [5.74, 6) is 0. The van der Waals surface area contributed by atoms with Crippen LogP contribution in [0.4, 0.5) is 5.69 Å². The summed E-state index contributed by atoms with van der Waals surface area (Å²) in [6.45, 7) is 5.79. The number of nitrogens with zero attached hydrogens (tertiary/aromatic N) is 2. The van der Waals surface area contributed by atoms with Crippen LogP contribution in [0.25, 0.3) is 0 Å². The Balaban J connectivity index is 0.00000192. The van der Waals surface area contributed by atoms with Gasteiger partial charge in [-0.25, -0.2) is 0 Å². The van der Waals surface area contributed by atoms with E-state index < -0.39 is 0 Å². The Labute approximate surface area is 146 Å². The fourth-order valence-electron chi connectivity index (χ4n) is 3.19. The zero-order valence-corrected chi connectivity index (χ0v) is 14.5. The van der Waals surface area contributed by atoms with Gasteiger partial charge in [0.1, 0.15) is 0 Å². The van der Waals surface area contributed by atoms with Gasteiger partial charge in [-0.1, -0.05) is 55.0 Å². The molecule has 124 valence electrons. The molecule has 0 atom stereocenters. The fourth-order valence-corrected chi connectivity index (χ4v) is 3.19. The Morgan fingerprint density at radius 3 is 2.04 bits per heavy atom. The van der Waals surface area contributed by atoms with Crippen molar-refractivity contribution in [1.82, 2.24) is 4.90 Å². The van der Waals surface area contributed by atoms with Crippen molar-refractivity contribution in [2.45, 2.75) is 25.8 Å². The van der Waals surface area contributed by atoms with E-state index in [4.69, 9.17) is 0 Å². The maximum absolute atomic E-state index is 2.62. The van der Waals surface area contributed by atoms with E-state index in [0.717, 1.165) is 13.1 Å². The zero-order valence-electron chi connectivity index (χ0n) is 13.7. The molecule has 0 aliphatic carbocycles. The molecule has 1 aliphatic heterocycles. The maximum Gasteiger partial charge on any atom is 0.0430 e. The number of hydrogen-bond acceptors (Lipinski definition) is 2. The first-order valence-corrected chi connectivity index (χ1v) is 8.48. The van der Waals surface area contributed by atoms with Crippen molar-refractivity contribution in [2.24, 2.45) is 0 Å². The minimum absolute atomic E-state index is 0. The van der Waals surface area contributed by atoms with E-state index in [1.165, 1.54) is 50.1 Å². The number of piperidine rings is 1. The van der Waals surface area contributed by atoms with Crippen molar-refractivity contribution in [3.63, 3.8) is 0 Å². The van der Waals surface area contributed by atoms with Crippen LogP contribution < -0.4 is 4.90 Å². The average Bonchev–Trinajstić information content (AvgIpc) is 2.61. The molecule has 1 aliphatic rings. The van der Waals surface area contributed by atoms with E-state index in [0.29, 0.717) is 0 Å². The lowest BCUT2D eigenvalue weighted by molar-refractivity contribution is 0.233. The topological polar surface area (TPSA) is 6.48 Å². The predicted octanol–water partition coefficient (Wildman–Crippen LogP) is 4.60. The van der Waals surface area contributed by atoms with Crippen molar-refractivity contribution in [2.75, 3.05) is 31.1 Å². The summed E-state index contributed by atoms with van der Waals surface area (Å²) in [4.78, 5) is 5.12. The molecule has 3 heteroatoms. The van der Waals surface area contributed by atoms with Crippen molar-refractivity contribution >= 4 is 18.1 Å². The predicted molar refractivity (Wildman–Crippen MR) is 101 cm³/mol. The van der Waals surface area contributed by atoms with Gasteiger partial charge in [-0.2, -0.15) is 0 Å². The molecule has 0 bridgehead atoms. The smallest absolute Gasteiger partial charge is 0.0430 e. The number of benzene rings is 2. The van der Waals surface area contributed by atoms with Crippen LogP contribution in [0.15, 0.2) is 60.7 Å². The summed E-state index contributed by atoms with van der Waals surface area (Å²) in [6, 6.07) is 21.6. The Kier molecular flexibility index (Phi) is 7.44. The Morgan fingerprint density at radius 1 is 0.783 bits per heavy atom. The van der Waals surface area contributed by atoms with Crippen LogP contribution in [-0.2, 0) is 6.54 Å². The van der Waals surface area contributed by atoms with E-state index in [1.807, 2.05) is 0 Å². The van der Waals surface area contributed by atoms with E-state index in [1.54, 1.807) is 0 Å². The normalized spacial score (nSPS) is 15.0. The molecule has 3 rings (SSSR count). The highest BCUT2D eigenvalue weighted by Gasteiger charge is 2.13. The van der Waals surface area contributed by atoms with Gasteiger partial charge in [0.2, 0.25) is 0 Å². The van der Waals surface area contributed by atoms with Gasteiger partial charge in [-0.15, -0.1) is 12.4 Å². The van der Waals surface area contributed by atoms with Crippen LogP contribution in [-0.4, -0.2) is 31.1 Å². The van der Waals surface area contributed by atoms with E-state index in [9.17, 15) is 0 Å². The number of hydrogen-bond donors (Lipinski definition) is 0. The minimum Gasteiger partial charge on any atom is -0.366 e. The van der Waals surface area contributed by atoms with Gasteiger partial charge in [-0.05, 0) is 43.6 Å². The number of likely N-dealkylation sites (tertiary alicyclic amines) is 1. The number of anilines is 1. The molecule has 2 aromatic rings. The molecule has 0 N–H and O–H groups in total. The van der Waals surface area contributed by atoms with Crippen molar-refractivity contribution < 1.29 is 0 Å². The molecular weight excluding hydrogens is 304 g/mol. The molecule has 1 heterocycles. The van der Waals surface area contributed by atoms with Crippen molar-refractivity contribution in [1.29, 1.82) is 0 Å². The molecule has 23 heavy (non-hydrogen) atoms. The first kappa shape index (κ1) is 17.8. The van der Waals surface area contributed by atoms with Gasteiger partial charge < -0.3 is 9.80 Å². The SMILES string of the molecule is Cl.c1ccc(CN(CCN2CCCCC2)c2ccccc2)cc1. The first-order chi connectivity index (χ1) is 10.9. The van der Waals surface area contributed by atoms with Gasteiger partial charge in [0, 0.05) is 25.3 Å². The monoisotopic (exact) mass is 330 g/mol. The quantitative estimate of drug-likeness (QED) is 0.763. The Bertz CT molecular complexity index is 538. The van der Waals surface area contributed by atoms with E-state index in [-0.39, 0.29) is 12.4 Å². The van der Waals surface area contributed by atoms with Crippen LogP contribution in [0.1, 0.15) is 24.8 Å². The molecule has 0 saturated carbocycles. The second-order valence-electron chi connectivity index (χ2n) is 6.15. The highest BCUT2D eigenvalue weighted by atomic mass is 35.5. The summed E-state index contributed by atoms with van der Waals surface area (Å²) in [6.07, 6.45) is 4.14. The molecule has 0 unspecified atom stereocenters. The lowest BCUT2D eigenvalue weighted by Crippen LogP contribution is -2.37. The van der Waals surface area contributed by atoms with Crippen LogP contribution >= 0.6 is 12.4 Å². The maximum atomic E-state index is 2.62. The molecular formula is C20H27ClN2. The summed E-state index contributed by atoms with van der Waals surface area (Å²) in [7, 11) is 0. The highest BCUT2D eigenvalue weighted by Crippen LogP contribution is 2.17. The Hall–Kier alpha value is -1.51. The second kappa shape index (κ2) is 9.59. The molecule has 0 aromatic heterocycles. The molecule has 0 amide bonds. The summed E-state index contributed by atoms with van der Waals surface area (Å²) in [5, 5.41) is 0. The minimum atomic E-state index is 0. The van der Waals surface area contributed by atoms with Gasteiger partial charge in [-0.3, -0.25) is 0 Å². The third-order valence-electron chi connectivity index (χ3n) is 4.47. The third-order valence-corrected chi connectivity index (χ3v) is 4.47. The summed E-state index contributed by atoms with van der Waals surface area (Å²) < 4.78 is 0. The molecule has 1 fully saturated rings. The van der Waals surface area contributed by atoms with Crippen molar-refractivity contribution in [3.8, 4) is 0 Å². The van der Waals surface area contributed by atoms with Crippen molar-refractivity contribution in [3.05, 3.63) is 66.2 Å². The molecule has 1 saturated heterocycles. The van der Waals surface area contributed by atoms with Crippen LogP contribution in [0.5, 0.6) is 0 Å². The lowest BCUT2D eigenvalue weighted by Gasteiger charge is -2.31. The third kappa shape index (κ3) is 5.56. The second-order valence-corrected chi connectivity index (χ2v) is 6.15. The molecule has 2 aromatic carbocycles. The van der Waals surface area contributed by atoms with Gasteiger partial charge in [0.15, 0.2) is 0 Å². The van der Waals surface area contributed by atoms with E-state index >= 15 is 0 Å². The standard InChI is InChI=1S/C20H26N2.ClH/c1-4-10-19(11-5-1)18-22(20-12-6-2-7-13-20)17-16-21-14-8-3-9-15-21;/h1-2,4-7,10-13H,3,8-9,14-18H2;1H. The number of para-hydroxylation sites is 1. The summed E-state index contributed by atoms with van der Waals surface area (Å²) >= 11 is 0. The fraction of sp³-hybridized carbons (Fsp3) is 0.400. The zero-order chi connectivity index (χ0) is 15.0. The molecule has 0 radical (unpaired) electrons. The van der Waals surface area contributed by atoms with E-state index in [2.05, 4.69) is 70.5 Å². The Morgan fingerprint density at radius 2 is 1.39 bits per heavy atom. The number of halogens is 1. The molecule has 2 nitrogen and oxygen atoms in total. The van der Waals surface area contributed by atoms with Crippen LogP contribution in [0.2, 0.25) is 0 Å². The van der Waals surface area contributed by atoms with Crippen LogP contribution in [0, 0.1) is 0 Å². The highest BCUT2D eigenvalue weighted by molar-refractivity contribution is 5.85. The molecule has 0 spiro atoms. The van der Waals surface area contributed by atoms with Gasteiger partial charge in [0.05, 0.1) is 0 Å².